The van der Waals surface area contributed by atoms with Crippen LogP contribution in [0.2, 0.25) is 0 Å². The molecule has 0 spiro atoms. The molecule has 3 nitrogen and oxygen atoms in total. The third-order valence-corrected chi connectivity index (χ3v) is 3.51. The number of pyridine rings is 1. The number of fused-ring (bicyclic) bond motifs is 3. The Morgan fingerprint density at radius 3 is 2.60 bits per heavy atom. The molecule has 0 N–H and O–H groups in total. The van der Waals surface area contributed by atoms with Crippen molar-refractivity contribution in [2.45, 2.75) is 12.8 Å². The standard InChI is InChI=1S/C15H11F2NO2/c1-7-3-8(16)4-10-12(7)14-11(5-9(17)6-18-14)13(10)15(19)20-2/h3-6,13H,1-2H3. The quantitative estimate of drug-likeness (QED) is 0.751. The molecule has 1 heterocycles. The lowest BCUT2D eigenvalue weighted by Crippen LogP contribution is -2.13. The molecule has 1 aliphatic carbocycles. The first-order chi connectivity index (χ1) is 9.52. The van der Waals surface area contributed by atoms with Gasteiger partial charge in [-0.25, -0.2) is 8.78 Å². The number of hydrogen-bond donors (Lipinski definition) is 0. The van der Waals surface area contributed by atoms with Crippen molar-refractivity contribution < 1.29 is 18.3 Å². The Kier molecular flexibility index (Phi) is 2.78. The summed E-state index contributed by atoms with van der Waals surface area (Å²) in [6, 6.07) is 3.90. The first kappa shape index (κ1) is 12.7. The van der Waals surface area contributed by atoms with Gasteiger partial charge >= 0.3 is 5.97 Å². The predicted molar refractivity (Wildman–Crippen MR) is 68.2 cm³/mol. The Morgan fingerprint density at radius 1 is 1.20 bits per heavy atom. The van der Waals surface area contributed by atoms with Gasteiger partial charge in [0, 0.05) is 5.56 Å². The third-order valence-electron chi connectivity index (χ3n) is 3.51. The number of carbonyl (C=O) groups excluding carboxylic acids is 1. The number of esters is 1. The molecule has 1 aromatic heterocycles. The van der Waals surface area contributed by atoms with Gasteiger partial charge < -0.3 is 4.74 Å². The number of benzene rings is 1. The lowest BCUT2D eigenvalue weighted by Gasteiger charge is -2.11. The van der Waals surface area contributed by atoms with Crippen molar-refractivity contribution in [1.29, 1.82) is 0 Å². The van der Waals surface area contributed by atoms with E-state index in [1.165, 1.54) is 25.3 Å². The largest absolute Gasteiger partial charge is 0.468 e. The average Bonchev–Trinajstić information content (AvgIpc) is 2.71. The maximum Gasteiger partial charge on any atom is 0.317 e. The smallest absolute Gasteiger partial charge is 0.317 e. The van der Waals surface area contributed by atoms with E-state index in [0.717, 1.165) is 6.20 Å². The molecule has 0 amide bonds. The summed E-state index contributed by atoms with van der Waals surface area (Å²) in [5, 5.41) is 0. The molecule has 0 saturated carbocycles. The Balaban J connectivity index is 2.34. The lowest BCUT2D eigenvalue weighted by atomic mass is 9.96. The second kappa shape index (κ2) is 4.37. The van der Waals surface area contributed by atoms with Crippen molar-refractivity contribution in [2.24, 2.45) is 0 Å². The van der Waals surface area contributed by atoms with Gasteiger partial charge in [0.1, 0.15) is 17.6 Å². The Morgan fingerprint density at radius 2 is 1.90 bits per heavy atom. The van der Waals surface area contributed by atoms with E-state index in [1.54, 1.807) is 6.92 Å². The van der Waals surface area contributed by atoms with Crippen molar-refractivity contribution in [3.63, 3.8) is 0 Å². The van der Waals surface area contributed by atoms with Crippen molar-refractivity contribution in [3.8, 4) is 11.3 Å². The highest BCUT2D eigenvalue weighted by atomic mass is 19.1. The third kappa shape index (κ3) is 1.70. The van der Waals surface area contributed by atoms with Gasteiger partial charge in [-0.3, -0.25) is 9.78 Å². The second-order valence-electron chi connectivity index (χ2n) is 4.73. The summed E-state index contributed by atoms with van der Waals surface area (Å²) in [5.41, 5.74) is 2.74. The van der Waals surface area contributed by atoms with Crippen molar-refractivity contribution in [1.82, 2.24) is 4.98 Å². The van der Waals surface area contributed by atoms with Crippen LogP contribution < -0.4 is 0 Å². The first-order valence-electron chi connectivity index (χ1n) is 6.06. The summed E-state index contributed by atoms with van der Waals surface area (Å²) in [4.78, 5) is 16.0. The summed E-state index contributed by atoms with van der Waals surface area (Å²) in [7, 11) is 1.25. The van der Waals surface area contributed by atoms with Crippen molar-refractivity contribution in [2.75, 3.05) is 7.11 Å². The molecule has 0 fully saturated rings. The number of ether oxygens (including phenoxy) is 1. The van der Waals surface area contributed by atoms with Crippen LogP contribution in [0, 0.1) is 18.6 Å². The predicted octanol–water partition coefficient (Wildman–Crippen LogP) is 2.95. The number of aromatic nitrogens is 1. The molecule has 1 aromatic carbocycles. The number of halogens is 2. The van der Waals surface area contributed by atoms with Gasteiger partial charge in [0.05, 0.1) is 19.0 Å². The summed E-state index contributed by atoms with van der Waals surface area (Å²) in [6.07, 6.45) is 1.09. The van der Waals surface area contributed by atoms with Crippen LogP contribution in [0.25, 0.3) is 11.3 Å². The van der Waals surface area contributed by atoms with E-state index >= 15 is 0 Å². The molecule has 2 aromatic rings. The number of hydrogen-bond acceptors (Lipinski definition) is 3. The molecular weight excluding hydrogens is 264 g/mol. The molecule has 102 valence electrons. The summed E-state index contributed by atoms with van der Waals surface area (Å²) >= 11 is 0. The molecule has 0 saturated heterocycles. The van der Waals surface area contributed by atoms with Crippen LogP contribution in [0.1, 0.15) is 22.6 Å². The molecule has 5 heteroatoms. The minimum atomic E-state index is -0.831. The number of rotatable bonds is 1. The molecule has 0 aliphatic heterocycles. The minimum Gasteiger partial charge on any atom is -0.468 e. The zero-order valence-electron chi connectivity index (χ0n) is 10.9. The van der Waals surface area contributed by atoms with Gasteiger partial charge in [-0.1, -0.05) is 0 Å². The van der Waals surface area contributed by atoms with Crippen molar-refractivity contribution in [3.05, 3.63) is 52.7 Å². The van der Waals surface area contributed by atoms with E-state index in [4.69, 9.17) is 4.74 Å². The van der Waals surface area contributed by atoms with Gasteiger partial charge in [0.2, 0.25) is 0 Å². The van der Waals surface area contributed by atoms with Crippen LogP contribution in [0.3, 0.4) is 0 Å². The average molecular weight is 275 g/mol. The Hall–Kier alpha value is -2.30. The Bertz CT molecular complexity index is 728. The van der Waals surface area contributed by atoms with E-state index in [9.17, 15) is 13.6 Å². The maximum atomic E-state index is 13.6. The second-order valence-corrected chi connectivity index (χ2v) is 4.73. The molecule has 1 atom stereocenters. The number of aryl methyl sites for hydroxylation is 1. The van der Waals surface area contributed by atoms with Crippen LogP contribution in [0.15, 0.2) is 24.4 Å². The fraction of sp³-hybridized carbons (Fsp3) is 0.200. The summed E-state index contributed by atoms with van der Waals surface area (Å²) < 4.78 is 31.8. The number of nitrogens with zero attached hydrogens (tertiary/aromatic N) is 1. The van der Waals surface area contributed by atoms with E-state index in [2.05, 4.69) is 4.98 Å². The number of carbonyl (C=O) groups is 1. The molecule has 1 aliphatic rings. The first-order valence-corrected chi connectivity index (χ1v) is 6.06. The highest BCUT2D eigenvalue weighted by molar-refractivity contribution is 5.93. The monoisotopic (exact) mass is 275 g/mol. The van der Waals surface area contributed by atoms with Gasteiger partial charge in [-0.15, -0.1) is 0 Å². The topological polar surface area (TPSA) is 39.2 Å². The summed E-state index contributed by atoms with van der Waals surface area (Å²) in [5.74, 6) is -2.36. The molecule has 0 bridgehead atoms. The van der Waals surface area contributed by atoms with Gasteiger partial charge in [0.15, 0.2) is 0 Å². The molecule has 20 heavy (non-hydrogen) atoms. The van der Waals surface area contributed by atoms with Gasteiger partial charge in [-0.05, 0) is 41.8 Å². The van der Waals surface area contributed by atoms with Crippen LogP contribution >= 0.6 is 0 Å². The molecule has 0 radical (unpaired) electrons. The zero-order valence-corrected chi connectivity index (χ0v) is 10.9. The van der Waals surface area contributed by atoms with Gasteiger partial charge in [0.25, 0.3) is 0 Å². The minimum absolute atomic E-state index is 0.417. The van der Waals surface area contributed by atoms with Crippen molar-refractivity contribution >= 4 is 5.97 Å². The van der Waals surface area contributed by atoms with E-state index in [0.29, 0.717) is 27.9 Å². The van der Waals surface area contributed by atoms with E-state index < -0.39 is 23.5 Å². The normalized spacial score (nSPS) is 15.7. The van der Waals surface area contributed by atoms with E-state index in [-0.39, 0.29) is 0 Å². The van der Waals surface area contributed by atoms with Gasteiger partial charge in [-0.2, -0.15) is 0 Å². The Labute approximate surface area is 114 Å². The SMILES string of the molecule is COC(=O)C1c2cc(F)cnc2-c2c(C)cc(F)cc21. The highest BCUT2D eigenvalue weighted by Crippen LogP contribution is 2.46. The van der Waals surface area contributed by atoms with Crippen LogP contribution in [0.4, 0.5) is 8.78 Å². The maximum absolute atomic E-state index is 13.6. The summed E-state index contributed by atoms with van der Waals surface area (Å²) in [6.45, 7) is 1.73. The van der Waals surface area contributed by atoms with Crippen LogP contribution in [0.5, 0.6) is 0 Å². The zero-order chi connectivity index (χ0) is 14.4. The van der Waals surface area contributed by atoms with E-state index in [1.807, 2.05) is 0 Å². The fourth-order valence-corrected chi connectivity index (χ4v) is 2.74. The molecular formula is C15H11F2NO2. The number of methoxy groups -OCH3 is 1. The molecule has 1 unspecified atom stereocenters. The lowest BCUT2D eigenvalue weighted by molar-refractivity contribution is -0.141. The fourth-order valence-electron chi connectivity index (χ4n) is 2.74. The van der Waals surface area contributed by atoms with Crippen LogP contribution in [-0.2, 0) is 9.53 Å². The molecule has 3 rings (SSSR count). The van der Waals surface area contributed by atoms with Crippen LogP contribution in [-0.4, -0.2) is 18.1 Å². The highest BCUT2D eigenvalue weighted by Gasteiger charge is 2.37.